The van der Waals surface area contributed by atoms with Crippen LogP contribution in [0.4, 0.5) is 0 Å². The van der Waals surface area contributed by atoms with Crippen LogP contribution in [-0.4, -0.2) is 15.5 Å². The van der Waals surface area contributed by atoms with Gasteiger partial charge in [-0.25, -0.2) is 4.98 Å². The van der Waals surface area contributed by atoms with Gasteiger partial charge in [0.05, 0.1) is 17.6 Å². The van der Waals surface area contributed by atoms with Crippen molar-refractivity contribution >= 4 is 16.9 Å². The minimum Gasteiger partial charge on any atom is -0.349 e. The van der Waals surface area contributed by atoms with Crippen LogP contribution in [0.1, 0.15) is 39.4 Å². The van der Waals surface area contributed by atoms with Crippen molar-refractivity contribution < 1.29 is 4.79 Å². The lowest BCUT2D eigenvalue weighted by Crippen LogP contribution is -2.23. The molecule has 0 saturated carbocycles. The molecule has 1 aromatic heterocycles. The van der Waals surface area contributed by atoms with Crippen molar-refractivity contribution in [3.8, 4) is 0 Å². The van der Waals surface area contributed by atoms with Gasteiger partial charge in [-0.3, -0.25) is 4.79 Å². The molecule has 0 saturated heterocycles. The molecule has 1 aromatic carbocycles. The molecule has 0 aliphatic carbocycles. The van der Waals surface area contributed by atoms with Gasteiger partial charge in [0.15, 0.2) is 0 Å². The minimum absolute atomic E-state index is 0.0625. The Morgan fingerprint density at radius 3 is 2.80 bits per heavy atom. The van der Waals surface area contributed by atoms with E-state index in [1.165, 1.54) is 0 Å². The fourth-order valence-corrected chi connectivity index (χ4v) is 2.20. The Kier molecular flexibility index (Phi) is 4.77. The van der Waals surface area contributed by atoms with E-state index in [-0.39, 0.29) is 5.91 Å². The van der Waals surface area contributed by atoms with Gasteiger partial charge in [-0.2, -0.15) is 0 Å². The number of nitrogens with one attached hydrogen (secondary N) is 1. The molecule has 0 spiro atoms. The quantitative estimate of drug-likeness (QED) is 0.879. The number of amides is 1. The number of para-hydroxylation sites is 2. The van der Waals surface area contributed by atoms with Crippen LogP contribution < -0.4 is 5.32 Å². The molecule has 2 aromatic rings. The molecular formula is C16H23N3O. The molecule has 0 atom stereocenters. The van der Waals surface area contributed by atoms with Crippen LogP contribution in [0.5, 0.6) is 0 Å². The molecule has 0 bridgehead atoms. The highest BCUT2D eigenvalue weighted by atomic mass is 16.1. The van der Waals surface area contributed by atoms with Crippen LogP contribution in [-0.2, 0) is 17.9 Å². The smallest absolute Gasteiger partial charge is 0.220 e. The van der Waals surface area contributed by atoms with Crippen LogP contribution in [0.15, 0.2) is 24.3 Å². The predicted molar refractivity (Wildman–Crippen MR) is 81.3 cm³/mol. The van der Waals surface area contributed by atoms with E-state index in [0.717, 1.165) is 29.8 Å². The lowest BCUT2D eigenvalue weighted by atomic mass is 10.1. The Balaban J connectivity index is 2.26. The zero-order chi connectivity index (χ0) is 14.5. The topological polar surface area (TPSA) is 46.9 Å². The Morgan fingerprint density at radius 2 is 2.10 bits per heavy atom. The number of benzene rings is 1. The van der Waals surface area contributed by atoms with Crippen LogP contribution in [0, 0.1) is 5.92 Å². The number of carbonyl (C=O) groups excluding carboxylic acids is 1. The Morgan fingerprint density at radius 1 is 1.35 bits per heavy atom. The van der Waals surface area contributed by atoms with E-state index in [1.807, 2.05) is 25.1 Å². The molecule has 20 heavy (non-hydrogen) atoms. The first-order chi connectivity index (χ1) is 9.61. The minimum atomic E-state index is 0.0625. The summed E-state index contributed by atoms with van der Waals surface area (Å²) in [6.07, 6.45) is 1.61. The number of rotatable bonds is 6. The van der Waals surface area contributed by atoms with E-state index in [2.05, 4.69) is 34.8 Å². The molecule has 0 aliphatic heterocycles. The Labute approximate surface area is 120 Å². The van der Waals surface area contributed by atoms with E-state index >= 15 is 0 Å². The number of aryl methyl sites for hydroxylation is 1. The number of hydrogen-bond acceptors (Lipinski definition) is 2. The molecule has 2 rings (SSSR count). The van der Waals surface area contributed by atoms with E-state index in [1.54, 1.807) is 0 Å². The van der Waals surface area contributed by atoms with Crippen LogP contribution in [0.25, 0.3) is 11.0 Å². The first-order valence-corrected chi connectivity index (χ1v) is 7.32. The maximum atomic E-state index is 11.4. The zero-order valence-electron chi connectivity index (χ0n) is 12.5. The molecule has 108 valence electrons. The average Bonchev–Trinajstić information content (AvgIpc) is 2.80. The summed E-state index contributed by atoms with van der Waals surface area (Å²) < 4.78 is 2.23. The van der Waals surface area contributed by atoms with Gasteiger partial charge < -0.3 is 9.88 Å². The number of imidazole rings is 1. The largest absolute Gasteiger partial charge is 0.349 e. The maximum Gasteiger partial charge on any atom is 0.220 e. The van der Waals surface area contributed by atoms with Gasteiger partial charge >= 0.3 is 0 Å². The molecule has 0 aliphatic rings. The van der Waals surface area contributed by atoms with Gasteiger partial charge in [0.2, 0.25) is 5.91 Å². The third kappa shape index (κ3) is 3.38. The van der Waals surface area contributed by atoms with Gasteiger partial charge in [0.25, 0.3) is 0 Å². The van der Waals surface area contributed by atoms with E-state index < -0.39 is 0 Å². The molecule has 0 radical (unpaired) electrons. The summed E-state index contributed by atoms with van der Waals surface area (Å²) in [5.74, 6) is 1.65. The first kappa shape index (κ1) is 14.6. The van der Waals surface area contributed by atoms with Crippen molar-refractivity contribution in [2.45, 2.75) is 46.7 Å². The fraction of sp³-hybridized carbons (Fsp3) is 0.500. The number of fused-ring (bicyclic) bond motifs is 1. The van der Waals surface area contributed by atoms with Crippen LogP contribution in [0.2, 0.25) is 0 Å². The molecule has 1 heterocycles. The SMILES string of the molecule is CCC(=O)NCc1nc2ccccc2n1CCC(C)C. The second-order valence-electron chi connectivity index (χ2n) is 5.48. The Bertz CT molecular complexity index is 586. The van der Waals surface area contributed by atoms with Crippen molar-refractivity contribution in [2.24, 2.45) is 5.92 Å². The number of carbonyl (C=O) groups is 1. The summed E-state index contributed by atoms with van der Waals surface area (Å²) in [5, 5.41) is 2.92. The number of nitrogens with zero attached hydrogens (tertiary/aromatic N) is 2. The van der Waals surface area contributed by atoms with Crippen molar-refractivity contribution in [1.82, 2.24) is 14.9 Å². The van der Waals surface area contributed by atoms with Crippen LogP contribution in [0.3, 0.4) is 0 Å². The van der Waals surface area contributed by atoms with Crippen LogP contribution >= 0.6 is 0 Å². The Hall–Kier alpha value is -1.84. The lowest BCUT2D eigenvalue weighted by molar-refractivity contribution is -0.120. The summed E-state index contributed by atoms with van der Waals surface area (Å²) in [7, 11) is 0. The third-order valence-electron chi connectivity index (χ3n) is 3.43. The third-order valence-corrected chi connectivity index (χ3v) is 3.43. The first-order valence-electron chi connectivity index (χ1n) is 7.32. The highest BCUT2D eigenvalue weighted by Gasteiger charge is 2.11. The van der Waals surface area contributed by atoms with Gasteiger partial charge in [0, 0.05) is 13.0 Å². The fourth-order valence-electron chi connectivity index (χ4n) is 2.20. The molecule has 1 amide bonds. The van der Waals surface area contributed by atoms with Crippen molar-refractivity contribution in [3.63, 3.8) is 0 Å². The van der Waals surface area contributed by atoms with E-state index in [0.29, 0.717) is 18.9 Å². The van der Waals surface area contributed by atoms with Gasteiger partial charge in [-0.15, -0.1) is 0 Å². The highest BCUT2D eigenvalue weighted by Crippen LogP contribution is 2.17. The van der Waals surface area contributed by atoms with Gasteiger partial charge in [-0.05, 0) is 24.5 Å². The summed E-state index contributed by atoms with van der Waals surface area (Å²) in [6.45, 7) is 7.74. The second kappa shape index (κ2) is 6.55. The second-order valence-corrected chi connectivity index (χ2v) is 5.48. The molecule has 4 nitrogen and oxygen atoms in total. The van der Waals surface area contributed by atoms with Crippen molar-refractivity contribution in [2.75, 3.05) is 0 Å². The molecule has 0 unspecified atom stereocenters. The normalized spacial score (nSPS) is 11.2. The average molecular weight is 273 g/mol. The standard InChI is InChI=1S/C16H23N3O/c1-4-16(20)17-11-15-18-13-7-5-6-8-14(13)19(15)10-9-12(2)3/h5-8,12H,4,9-11H2,1-3H3,(H,17,20). The van der Waals surface area contributed by atoms with E-state index in [9.17, 15) is 4.79 Å². The molecule has 1 N–H and O–H groups in total. The molecule has 4 heteroatoms. The van der Waals surface area contributed by atoms with Crippen molar-refractivity contribution in [1.29, 1.82) is 0 Å². The summed E-state index contributed by atoms with van der Waals surface area (Å²) >= 11 is 0. The maximum absolute atomic E-state index is 11.4. The lowest BCUT2D eigenvalue weighted by Gasteiger charge is -2.11. The van der Waals surface area contributed by atoms with Gasteiger partial charge in [0.1, 0.15) is 5.82 Å². The number of hydrogen-bond donors (Lipinski definition) is 1. The van der Waals surface area contributed by atoms with Gasteiger partial charge in [-0.1, -0.05) is 32.9 Å². The van der Waals surface area contributed by atoms with E-state index in [4.69, 9.17) is 0 Å². The zero-order valence-corrected chi connectivity index (χ0v) is 12.5. The molecular weight excluding hydrogens is 250 g/mol. The molecule has 0 fully saturated rings. The highest BCUT2D eigenvalue weighted by molar-refractivity contribution is 5.77. The summed E-state index contributed by atoms with van der Waals surface area (Å²) in [5.41, 5.74) is 2.14. The monoisotopic (exact) mass is 273 g/mol. The summed E-state index contributed by atoms with van der Waals surface area (Å²) in [6, 6.07) is 8.14. The summed E-state index contributed by atoms with van der Waals surface area (Å²) in [4.78, 5) is 16.1. The number of aromatic nitrogens is 2. The van der Waals surface area contributed by atoms with Crippen molar-refractivity contribution in [3.05, 3.63) is 30.1 Å². The predicted octanol–water partition coefficient (Wildman–Crippen LogP) is 3.11.